The molecule has 0 saturated heterocycles. The van der Waals surface area contributed by atoms with Crippen molar-refractivity contribution in [3.63, 3.8) is 0 Å². The van der Waals surface area contributed by atoms with Gasteiger partial charge in [-0.15, -0.1) is 11.3 Å². The fraction of sp³-hybridized carbons (Fsp3) is 0.0351. The molecule has 9 aromatic carbocycles. The average molecular weight is 827 g/mol. The Labute approximate surface area is 367 Å². The second-order valence-electron chi connectivity index (χ2n) is 15.5. The van der Waals surface area contributed by atoms with E-state index in [1.54, 1.807) is 0 Å². The number of furan rings is 1. The van der Waals surface area contributed by atoms with Crippen molar-refractivity contribution in [3.8, 4) is 51.0 Å². The van der Waals surface area contributed by atoms with Gasteiger partial charge in [0.05, 0.1) is 11.0 Å². The van der Waals surface area contributed by atoms with Crippen LogP contribution in [0.15, 0.2) is 199 Å². The topological polar surface area (TPSA) is 56.7 Å². The smallest absolute Gasteiger partial charge is 0.164 e. The van der Waals surface area contributed by atoms with Gasteiger partial charge in [-0.1, -0.05) is 166 Å². The average Bonchev–Trinajstić information content (AvgIpc) is 4.04. The molecule has 0 saturated carbocycles. The van der Waals surface area contributed by atoms with Crippen molar-refractivity contribution < 1.29 is 4.42 Å². The summed E-state index contributed by atoms with van der Waals surface area (Å²) in [5.74, 6) is 1.79. The summed E-state index contributed by atoms with van der Waals surface area (Å²) >= 11 is 1.87. The lowest BCUT2D eigenvalue weighted by Gasteiger charge is -2.14. The molecule has 0 unspecified atom stereocenters. The molecule has 0 aliphatic carbocycles. The van der Waals surface area contributed by atoms with E-state index in [0.717, 1.165) is 55.3 Å². The predicted molar refractivity (Wildman–Crippen MR) is 265 cm³/mol. The highest BCUT2D eigenvalue weighted by Crippen LogP contribution is 2.46. The molecule has 0 N–H and O–H groups in total. The van der Waals surface area contributed by atoms with Crippen LogP contribution in [0.3, 0.4) is 0 Å². The summed E-state index contributed by atoms with van der Waals surface area (Å²) in [6.07, 6.45) is 0. The number of benzene rings is 9. The molecule has 13 rings (SSSR count). The molecule has 63 heavy (non-hydrogen) atoms. The van der Waals surface area contributed by atoms with Crippen molar-refractivity contribution in [1.29, 1.82) is 0 Å². The van der Waals surface area contributed by atoms with E-state index < -0.39 is 0 Å². The molecule has 0 bridgehead atoms. The van der Waals surface area contributed by atoms with Gasteiger partial charge >= 0.3 is 0 Å². The summed E-state index contributed by atoms with van der Waals surface area (Å²) in [5, 5.41) is 9.61. The summed E-state index contributed by atoms with van der Waals surface area (Å²) in [6.45, 7) is 4.00. The molecule has 0 radical (unpaired) electrons. The Morgan fingerprint density at radius 3 is 1.89 bits per heavy atom. The van der Waals surface area contributed by atoms with E-state index in [-0.39, 0.29) is 0 Å². The first-order valence-electron chi connectivity index (χ1n) is 21.4. The minimum absolute atomic E-state index is 0.582. The number of fused-ring (bicyclic) bond motifs is 11. The highest BCUT2D eigenvalue weighted by atomic mass is 32.1. The fourth-order valence-corrected chi connectivity index (χ4v) is 10.5. The lowest BCUT2D eigenvalue weighted by molar-refractivity contribution is 0.669. The van der Waals surface area contributed by atoms with Crippen LogP contribution in [-0.4, -0.2) is 19.5 Å². The number of nitrogens with zero attached hydrogens (tertiary/aromatic N) is 4. The molecular weight excluding hydrogens is 789 g/mol. The first kappa shape index (κ1) is 36.9. The van der Waals surface area contributed by atoms with E-state index in [1.807, 2.05) is 79.8 Å². The van der Waals surface area contributed by atoms with Gasteiger partial charge in [0.25, 0.3) is 0 Å². The molecule has 298 valence electrons. The Balaban J connectivity index is 0.00000208. The molecule has 0 aliphatic rings. The Bertz CT molecular complexity index is 3900. The van der Waals surface area contributed by atoms with Gasteiger partial charge in [0.1, 0.15) is 11.2 Å². The Morgan fingerprint density at radius 2 is 1.05 bits per heavy atom. The third-order valence-corrected chi connectivity index (χ3v) is 13.3. The van der Waals surface area contributed by atoms with Crippen LogP contribution in [0.4, 0.5) is 0 Å². The number of aromatic nitrogens is 4. The van der Waals surface area contributed by atoms with Gasteiger partial charge in [0.15, 0.2) is 17.5 Å². The van der Waals surface area contributed by atoms with E-state index in [4.69, 9.17) is 19.4 Å². The highest BCUT2D eigenvalue weighted by molar-refractivity contribution is 7.26. The minimum Gasteiger partial charge on any atom is -0.456 e. The lowest BCUT2D eigenvalue weighted by atomic mass is 9.98. The summed E-state index contributed by atoms with van der Waals surface area (Å²) < 4.78 is 11.3. The van der Waals surface area contributed by atoms with E-state index >= 15 is 0 Å². The molecule has 0 spiro atoms. The molecule has 0 aliphatic heterocycles. The minimum atomic E-state index is 0.582. The van der Waals surface area contributed by atoms with Gasteiger partial charge in [-0.05, 0) is 53.2 Å². The SMILES string of the molecule is CC.c1ccc(-c2nc(-c3cccc(-n4c5ccc6ccccc6c5c5cccc(-c6cccc7c6sc6ccccc67)c54)c3)nc(-c3ccc4c(c3)oc3ccccc34)n2)cc1. The van der Waals surface area contributed by atoms with Crippen LogP contribution in [0.1, 0.15) is 13.8 Å². The number of para-hydroxylation sites is 2. The molecular formula is C57H38N4OS. The molecule has 6 heteroatoms. The van der Waals surface area contributed by atoms with Gasteiger partial charge < -0.3 is 8.98 Å². The number of thiophene rings is 1. The summed E-state index contributed by atoms with van der Waals surface area (Å²) in [6, 6.07) is 68.6. The van der Waals surface area contributed by atoms with E-state index in [1.165, 1.54) is 52.8 Å². The summed E-state index contributed by atoms with van der Waals surface area (Å²) in [5.41, 5.74) is 10.1. The maximum Gasteiger partial charge on any atom is 0.164 e. The van der Waals surface area contributed by atoms with Crippen molar-refractivity contribution in [2.24, 2.45) is 0 Å². The number of hydrogen-bond donors (Lipinski definition) is 0. The molecule has 0 fully saturated rings. The van der Waals surface area contributed by atoms with Crippen LogP contribution >= 0.6 is 11.3 Å². The molecule has 13 aromatic rings. The zero-order chi connectivity index (χ0) is 42.0. The van der Waals surface area contributed by atoms with Crippen molar-refractivity contribution >= 4 is 86.0 Å². The van der Waals surface area contributed by atoms with Crippen molar-refractivity contribution in [2.45, 2.75) is 13.8 Å². The van der Waals surface area contributed by atoms with E-state index in [0.29, 0.717) is 17.5 Å². The molecule has 4 heterocycles. The third-order valence-electron chi connectivity index (χ3n) is 12.0. The summed E-state index contributed by atoms with van der Waals surface area (Å²) in [4.78, 5) is 15.4. The fourth-order valence-electron chi connectivity index (χ4n) is 9.28. The first-order valence-corrected chi connectivity index (χ1v) is 22.2. The van der Waals surface area contributed by atoms with Gasteiger partial charge in [0, 0.05) is 75.2 Å². The normalized spacial score (nSPS) is 11.7. The Hall–Kier alpha value is -7.93. The van der Waals surface area contributed by atoms with Crippen LogP contribution in [0.2, 0.25) is 0 Å². The van der Waals surface area contributed by atoms with Crippen LogP contribution in [0.5, 0.6) is 0 Å². The van der Waals surface area contributed by atoms with Crippen LogP contribution in [0, 0.1) is 0 Å². The van der Waals surface area contributed by atoms with Crippen LogP contribution < -0.4 is 0 Å². The van der Waals surface area contributed by atoms with Crippen molar-refractivity contribution in [3.05, 3.63) is 194 Å². The zero-order valence-electron chi connectivity index (χ0n) is 34.6. The second-order valence-corrected chi connectivity index (χ2v) is 16.6. The third kappa shape index (κ3) is 5.94. The van der Waals surface area contributed by atoms with Gasteiger partial charge in [-0.25, -0.2) is 15.0 Å². The summed E-state index contributed by atoms with van der Waals surface area (Å²) in [7, 11) is 0. The standard InChI is InChI=1S/C55H32N4OS.C2H6/c1-2-14-34(15-3-1)53-56-54(58-55(57-53)36-27-29-40-39-19-6-8-25-47(39)60-48(40)32-36)35-16-10-17-37(31-35)59-46-30-28-33-13-4-5-18-38(33)50(46)45-24-11-21-42(51(45)59)44-23-12-22-43-41-20-7-9-26-49(41)61-52(43)44;1-2/h1-32H;1-2H3. The monoisotopic (exact) mass is 826 g/mol. The van der Waals surface area contributed by atoms with Gasteiger partial charge in [0.2, 0.25) is 0 Å². The van der Waals surface area contributed by atoms with Gasteiger partial charge in [-0.3, -0.25) is 0 Å². The number of hydrogen-bond acceptors (Lipinski definition) is 5. The predicted octanol–water partition coefficient (Wildman–Crippen LogP) is 16.1. The van der Waals surface area contributed by atoms with Gasteiger partial charge in [-0.2, -0.15) is 0 Å². The van der Waals surface area contributed by atoms with E-state index in [2.05, 4.69) is 144 Å². The lowest BCUT2D eigenvalue weighted by Crippen LogP contribution is -2.01. The molecule has 4 aromatic heterocycles. The maximum absolute atomic E-state index is 6.31. The first-order chi connectivity index (χ1) is 31.2. The van der Waals surface area contributed by atoms with Crippen molar-refractivity contribution in [2.75, 3.05) is 0 Å². The van der Waals surface area contributed by atoms with Crippen molar-refractivity contribution in [1.82, 2.24) is 19.5 Å². The molecule has 0 amide bonds. The second kappa shape index (κ2) is 14.9. The zero-order valence-corrected chi connectivity index (χ0v) is 35.4. The van der Waals surface area contributed by atoms with Crippen LogP contribution in [0.25, 0.3) is 126 Å². The molecule has 5 nitrogen and oxygen atoms in total. The van der Waals surface area contributed by atoms with E-state index in [9.17, 15) is 0 Å². The highest BCUT2D eigenvalue weighted by Gasteiger charge is 2.22. The quantitative estimate of drug-likeness (QED) is 0.173. The maximum atomic E-state index is 6.31. The van der Waals surface area contributed by atoms with Crippen LogP contribution in [-0.2, 0) is 0 Å². The number of rotatable bonds is 5. The largest absolute Gasteiger partial charge is 0.456 e. The molecule has 0 atom stereocenters. The Kier molecular flexibility index (Phi) is 8.73. The Morgan fingerprint density at radius 1 is 0.429 bits per heavy atom.